The normalized spacial score (nSPS) is 13.0. The topological polar surface area (TPSA) is 51.4 Å². The van der Waals surface area contributed by atoms with Gasteiger partial charge in [0, 0.05) is 18.2 Å². The number of para-hydroxylation sites is 1. The van der Waals surface area contributed by atoms with Crippen molar-refractivity contribution in [3.63, 3.8) is 0 Å². The number of carboxylic acids is 1. The second-order valence-corrected chi connectivity index (χ2v) is 3.19. The summed E-state index contributed by atoms with van der Waals surface area (Å²) in [5.41, 5.74) is 3.02. The number of rotatable bonds is 3. The highest BCUT2D eigenvalue weighted by atomic mass is 16.4. The minimum atomic E-state index is -0.768. The quantitative estimate of drug-likeness (QED) is 0.790. The molecule has 1 aromatic carbocycles. The van der Waals surface area contributed by atoms with Gasteiger partial charge in [0.05, 0.1) is 5.69 Å². The molecule has 1 aliphatic heterocycles. The summed E-state index contributed by atoms with van der Waals surface area (Å²) in [7, 11) is 0. The second-order valence-electron chi connectivity index (χ2n) is 3.19. The Kier molecular flexibility index (Phi) is 2.23. The van der Waals surface area contributed by atoms with Gasteiger partial charge in [-0.25, -0.2) is 0 Å². The molecule has 1 radical (unpaired) electrons. The number of carboxylic acid groups (broad SMARTS) is 1. The van der Waals surface area contributed by atoms with Crippen LogP contribution in [-0.2, 0) is 4.79 Å². The van der Waals surface area contributed by atoms with Gasteiger partial charge in [-0.05, 0) is 18.1 Å². The van der Waals surface area contributed by atoms with Crippen molar-refractivity contribution in [3.8, 4) is 0 Å². The molecule has 0 aliphatic carbocycles. The van der Waals surface area contributed by atoms with Gasteiger partial charge in [0.2, 0.25) is 0 Å². The van der Waals surface area contributed by atoms with E-state index < -0.39 is 5.97 Å². The zero-order valence-electron chi connectivity index (χ0n) is 7.60. The first-order valence-electron chi connectivity index (χ1n) is 4.48. The highest BCUT2D eigenvalue weighted by Gasteiger charge is 2.14. The van der Waals surface area contributed by atoms with Crippen molar-refractivity contribution < 1.29 is 9.90 Å². The van der Waals surface area contributed by atoms with Gasteiger partial charge in [0.15, 0.2) is 0 Å². The van der Waals surface area contributed by atoms with Crippen molar-refractivity contribution in [3.05, 3.63) is 36.0 Å². The van der Waals surface area contributed by atoms with Crippen LogP contribution in [0.1, 0.15) is 18.4 Å². The Morgan fingerprint density at radius 1 is 1.36 bits per heavy atom. The molecule has 0 saturated carbocycles. The van der Waals surface area contributed by atoms with Crippen molar-refractivity contribution in [2.45, 2.75) is 12.8 Å². The molecule has 1 aromatic rings. The fourth-order valence-corrected chi connectivity index (χ4v) is 1.52. The second kappa shape index (κ2) is 3.54. The number of nitrogens with zero attached hydrogens (tertiary/aromatic N) is 1. The molecule has 1 aliphatic rings. The molecule has 3 heteroatoms. The maximum Gasteiger partial charge on any atom is 0.303 e. The van der Waals surface area contributed by atoms with Gasteiger partial charge < -0.3 is 5.11 Å². The summed E-state index contributed by atoms with van der Waals surface area (Å²) in [6.07, 6.45) is 2.47. The van der Waals surface area contributed by atoms with Crippen LogP contribution in [0.25, 0.3) is 5.57 Å². The van der Waals surface area contributed by atoms with Crippen LogP contribution in [0.5, 0.6) is 0 Å². The Bertz CT molecular complexity index is 396. The predicted octanol–water partition coefficient (Wildman–Crippen LogP) is 2.14. The smallest absolute Gasteiger partial charge is 0.303 e. The van der Waals surface area contributed by atoms with Gasteiger partial charge in [0.25, 0.3) is 0 Å². The molecule has 0 bridgehead atoms. The van der Waals surface area contributed by atoms with Crippen molar-refractivity contribution in [2.24, 2.45) is 0 Å². The monoisotopic (exact) mass is 188 g/mol. The predicted molar refractivity (Wildman–Crippen MR) is 53.1 cm³/mol. The van der Waals surface area contributed by atoms with Gasteiger partial charge in [-0.2, -0.15) is 0 Å². The summed E-state index contributed by atoms with van der Waals surface area (Å²) < 4.78 is 0. The number of hydrogen-bond donors (Lipinski definition) is 1. The Balaban J connectivity index is 2.13. The first-order valence-corrected chi connectivity index (χ1v) is 4.48. The Hall–Kier alpha value is -1.77. The van der Waals surface area contributed by atoms with Crippen molar-refractivity contribution in [1.82, 2.24) is 5.32 Å². The summed E-state index contributed by atoms with van der Waals surface area (Å²) in [4.78, 5) is 10.4. The maximum atomic E-state index is 10.4. The third-order valence-electron chi connectivity index (χ3n) is 2.22. The van der Waals surface area contributed by atoms with E-state index >= 15 is 0 Å². The lowest BCUT2D eigenvalue weighted by Crippen LogP contribution is -1.94. The number of benzene rings is 1. The summed E-state index contributed by atoms with van der Waals surface area (Å²) in [6, 6.07) is 7.77. The SMILES string of the molecule is O=C(O)CCC1=C[N]c2ccccc21. The molecule has 0 saturated heterocycles. The molecule has 71 valence electrons. The van der Waals surface area contributed by atoms with E-state index in [9.17, 15) is 4.79 Å². The fraction of sp³-hybridized carbons (Fsp3) is 0.182. The molecule has 1 heterocycles. The largest absolute Gasteiger partial charge is 0.481 e. The number of allylic oxidation sites excluding steroid dienone is 1. The third kappa shape index (κ3) is 1.62. The third-order valence-corrected chi connectivity index (χ3v) is 2.22. The summed E-state index contributed by atoms with van der Waals surface area (Å²) >= 11 is 0. The number of carbonyl (C=O) groups is 1. The molecule has 1 N–H and O–H groups in total. The first kappa shape index (κ1) is 8.81. The molecule has 14 heavy (non-hydrogen) atoms. The molecule has 0 unspecified atom stereocenters. The maximum absolute atomic E-state index is 10.4. The summed E-state index contributed by atoms with van der Waals surface area (Å²) in [5, 5.41) is 12.8. The van der Waals surface area contributed by atoms with Crippen LogP contribution >= 0.6 is 0 Å². The molecule has 0 amide bonds. The van der Waals surface area contributed by atoms with E-state index in [0.717, 1.165) is 16.8 Å². The number of hydrogen-bond acceptors (Lipinski definition) is 1. The van der Waals surface area contributed by atoms with E-state index in [1.54, 1.807) is 6.20 Å². The molecule has 3 nitrogen and oxygen atoms in total. The lowest BCUT2D eigenvalue weighted by atomic mass is 10.0. The van der Waals surface area contributed by atoms with Crippen molar-refractivity contribution in [2.75, 3.05) is 0 Å². The molecular weight excluding hydrogens is 178 g/mol. The van der Waals surface area contributed by atoms with Crippen LogP contribution in [0.15, 0.2) is 30.5 Å². The van der Waals surface area contributed by atoms with E-state index in [1.165, 1.54) is 0 Å². The van der Waals surface area contributed by atoms with E-state index in [4.69, 9.17) is 5.11 Å². The van der Waals surface area contributed by atoms with Crippen LogP contribution in [0.2, 0.25) is 0 Å². The summed E-state index contributed by atoms with van der Waals surface area (Å²) in [5.74, 6) is -0.768. The van der Waals surface area contributed by atoms with Gasteiger partial charge in [-0.3, -0.25) is 10.1 Å². The van der Waals surface area contributed by atoms with Crippen LogP contribution in [0.3, 0.4) is 0 Å². The lowest BCUT2D eigenvalue weighted by Gasteiger charge is -2.01. The highest BCUT2D eigenvalue weighted by molar-refractivity contribution is 5.81. The zero-order chi connectivity index (χ0) is 9.97. The number of aliphatic carboxylic acids is 1. The highest BCUT2D eigenvalue weighted by Crippen LogP contribution is 2.32. The van der Waals surface area contributed by atoms with Gasteiger partial charge in [0.1, 0.15) is 0 Å². The minimum absolute atomic E-state index is 0.162. The Morgan fingerprint density at radius 2 is 2.14 bits per heavy atom. The molecule has 2 rings (SSSR count). The molecule has 0 aromatic heterocycles. The van der Waals surface area contributed by atoms with Gasteiger partial charge >= 0.3 is 5.97 Å². The minimum Gasteiger partial charge on any atom is -0.481 e. The molecule has 0 fully saturated rings. The van der Waals surface area contributed by atoms with Gasteiger partial charge in [-0.1, -0.05) is 18.2 Å². The van der Waals surface area contributed by atoms with Crippen LogP contribution in [-0.4, -0.2) is 11.1 Å². The van der Waals surface area contributed by atoms with Crippen LogP contribution < -0.4 is 5.32 Å². The van der Waals surface area contributed by atoms with E-state index in [-0.39, 0.29) is 6.42 Å². The van der Waals surface area contributed by atoms with E-state index in [2.05, 4.69) is 5.32 Å². The average molecular weight is 188 g/mol. The van der Waals surface area contributed by atoms with Crippen LogP contribution in [0, 0.1) is 0 Å². The van der Waals surface area contributed by atoms with E-state index in [1.807, 2.05) is 24.3 Å². The number of fused-ring (bicyclic) bond motifs is 1. The standard InChI is InChI=1S/C11H10NO2/c13-11(14)6-5-8-7-12-10-4-2-1-3-9(8)10/h1-4,7H,5-6H2,(H,13,14). The Morgan fingerprint density at radius 3 is 2.93 bits per heavy atom. The first-order chi connectivity index (χ1) is 6.77. The van der Waals surface area contributed by atoms with Crippen molar-refractivity contribution in [1.29, 1.82) is 0 Å². The lowest BCUT2D eigenvalue weighted by molar-refractivity contribution is -0.136. The average Bonchev–Trinajstić information content (AvgIpc) is 2.58. The Labute approximate surface area is 82.1 Å². The molecule has 0 atom stereocenters. The summed E-state index contributed by atoms with van der Waals surface area (Å²) in [6.45, 7) is 0. The van der Waals surface area contributed by atoms with Crippen LogP contribution in [0.4, 0.5) is 5.69 Å². The molecular formula is C11H10NO2. The molecule has 0 spiro atoms. The van der Waals surface area contributed by atoms with Gasteiger partial charge in [-0.15, -0.1) is 0 Å². The zero-order valence-corrected chi connectivity index (χ0v) is 7.60. The van der Waals surface area contributed by atoms with Crippen molar-refractivity contribution >= 4 is 17.2 Å². The fourth-order valence-electron chi connectivity index (χ4n) is 1.52. The van der Waals surface area contributed by atoms with E-state index in [0.29, 0.717) is 6.42 Å².